The molecule has 0 amide bonds. The molecule has 0 bridgehead atoms. The lowest BCUT2D eigenvalue weighted by molar-refractivity contribution is 0.136. The molecule has 1 aromatic carbocycles. The fourth-order valence-corrected chi connectivity index (χ4v) is 2.64. The quantitative estimate of drug-likeness (QED) is 0.901. The van der Waals surface area contributed by atoms with Gasteiger partial charge in [0, 0.05) is 4.47 Å². The number of aliphatic hydroxyl groups is 1. The number of hydrogen-bond acceptors (Lipinski definition) is 1. The Kier molecular flexibility index (Phi) is 3.10. The van der Waals surface area contributed by atoms with Gasteiger partial charge in [-0.3, -0.25) is 0 Å². The third-order valence-corrected chi connectivity index (χ3v) is 4.26. The van der Waals surface area contributed by atoms with Crippen molar-refractivity contribution in [1.82, 2.24) is 0 Å². The van der Waals surface area contributed by atoms with Gasteiger partial charge in [0.25, 0.3) is 0 Å². The van der Waals surface area contributed by atoms with E-state index in [-0.39, 0.29) is 17.3 Å². The summed E-state index contributed by atoms with van der Waals surface area (Å²) >= 11 is 3.38. The number of benzene rings is 1. The number of aliphatic hydroxyl groups excluding tert-OH is 1. The van der Waals surface area contributed by atoms with Gasteiger partial charge in [0.2, 0.25) is 0 Å². The Bertz CT molecular complexity index is 403. The van der Waals surface area contributed by atoms with Gasteiger partial charge in [0.15, 0.2) is 0 Å². The topological polar surface area (TPSA) is 20.2 Å². The minimum absolute atomic E-state index is 0.249. The van der Waals surface area contributed by atoms with Crippen molar-refractivity contribution >= 4 is 15.9 Å². The molecule has 1 saturated carbocycles. The van der Waals surface area contributed by atoms with Crippen molar-refractivity contribution in [3.8, 4) is 0 Å². The fraction of sp³-hybridized carbons (Fsp3) is 0.538. The van der Waals surface area contributed by atoms with E-state index in [0.29, 0.717) is 12.3 Å². The summed E-state index contributed by atoms with van der Waals surface area (Å²) in [6, 6.07) is 4.60. The molecule has 0 heterocycles. The minimum Gasteiger partial charge on any atom is -0.392 e. The Balaban J connectivity index is 2.06. The summed E-state index contributed by atoms with van der Waals surface area (Å²) in [6.45, 7) is 4.31. The largest absolute Gasteiger partial charge is 0.392 e. The van der Waals surface area contributed by atoms with Crippen molar-refractivity contribution in [2.45, 2.75) is 32.8 Å². The Morgan fingerprint density at radius 2 is 2.19 bits per heavy atom. The lowest BCUT2D eigenvalue weighted by Gasteiger charge is -2.13. The molecule has 3 heteroatoms. The van der Waals surface area contributed by atoms with Crippen molar-refractivity contribution in [2.24, 2.45) is 11.3 Å². The summed E-state index contributed by atoms with van der Waals surface area (Å²) in [6.07, 6.45) is 1.21. The van der Waals surface area contributed by atoms with Crippen LogP contribution in [0.5, 0.6) is 0 Å². The van der Waals surface area contributed by atoms with E-state index in [9.17, 15) is 9.50 Å². The molecule has 88 valence electrons. The van der Waals surface area contributed by atoms with E-state index in [2.05, 4.69) is 29.8 Å². The van der Waals surface area contributed by atoms with Crippen LogP contribution in [0, 0.1) is 17.2 Å². The van der Waals surface area contributed by atoms with Crippen LogP contribution in [0.1, 0.15) is 25.8 Å². The summed E-state index contributed by atoms with van der Waals surface area (Å²) in [7, 11) is 0. The summed E-state index contributed by atoms with van der Waals surface area (Å²) in [5.74, 6) is 0.100. The Labute approximate surface area is 104 Å². The summed E-state index contributed by atoms with van der Waals surface area (Å²) in [5, 5.41) is 10.1. The SMILES string of the molecule is CC1(C)CC1C(O)Cc1cc(F)ccc1Br. The zero-order valence-electron chi connectivity index (χ0n) is 9.50. The van der Waals surface area contributed by atoms with Crippen molar-refractivity contribution in [2.75, 3.05) is 0 Å². The molecule has 1 nitrogen and oxygen atoms in total. The molecular weight excluding hydrogens is 271 g/mol. The fourth-order valence-electron chi connectivity index (χ4n) is 2.23. The van der Waals surface area contributed by atoms with E-state index in [0.717, 1.165) is 16.5 Å². The normalized spacial score (nSPS) is 24.2. The number of rotatable bonds is 3. The molecule has 16 heavy (non-hydrogen) atoms. The van der Waals surface area contributed by atoms with Gasteiger partial charge in [0.05, 0.1) is 6.10 Å². The Hall–Kier alpha value is -0.410. The Morgan fingerprint density at radius 1 is 1.56 bits per heavy atom. The molecule has 2 rings (SSSR count). The smallest absolute Gasteiger partial charge is 0.123 e. The van der Waals surface area contributed by atoms with Gasteiger partial charge in [-0.05, 0) is 47.9 Å². The molecule has 0 spiro atoms. The van der Waals surface area contributed by atoms with E-state index in [1.807, 2.05) is 0 Å². The standard InChI is InChI=1S/C13H16BrFO/c1-13(2)7-10(13)12(16)6-8-5-9(15)3-4-11(8)14/h3-5,10,12,16H,6-7H2,1-2H3. The lowest BCUT2D eigenvalue weighted by Crippen LogP contribution is -2.16. The van der Waals surface area contributed by atoms with Crippen LogP contribution in [-0.4, -0.2) is 11.2 Å². The van der Waals surface area contributed by atoms with Crippen LogP contribution in [0.3, 0.4) is 0 Å². The van der Waals surface area contributed by atoms with E-state index in [4.69, 9.17) is 0 Å². The van der Waals surface area contributed by atoms with Crippen molar-refractivity contribution in [1.29, 1.82) is 0 Å². The van der Waals surface area contributed by atoms with Gasteiger partial charge in [-0.2, -0.15) is 0 Å². The van der Waals surface area contributed by atoms with Crippen molar-refractivity contribution in [3.63, 3.8) is 0 Å². The monoisotopic (exact) mass is 286 g/mol. The molecule has 1 N–H and O–H groups in total. The second-order valence-corrected chi connectivity index (χ2v) is 6.16. The number of hydrogen-bond donors (Lipinski definition) is 1. The molecule has 1 fully saturated rings. The van der Waals surface area contributed by atoms with Crippen LogP contribution in [0.25, 0.3) is 0 Å². The van der Waals surface area contributed by atoms with E-state index in [1.165, 1.54) is 12.1 Å². The first kappa shape index (κ1) is 12.1. The Morgan fingerprint density at radius 3 is 2.75 bits per heavy atom. The average Bonchev–Trinajstić information content (AvgIpc) is 2.82. The molecule has 1 aliphatic rings. The molecule has 1 aromatic rings. The second kappa shape index (κ2) is 4.11. The van der Waals surface area contributed by atoms with Crippen LogP contribution in [0.15, 0.2) is 22.7 Å². The molecule has 0 radical (unpaired) electrons. The van der Waals surface area contributed by atoms with Crippen molar-refractivity contribution in [3.05, 3.63) is 34.1 Å². The first-order valence-corrected chi connectivity index (χ1v) is 6.31. The van der Waals surface area contributed by atoms with Gasteiger partial charge in [0.1, 0.15) is 5.82 Å². The highest BCUT2D eigenvalue weighted by Gasteiger charge is 2.49. The molecule has 0 saturated heterocycles. The molecular formula is C13H16BrFO. The van der Waals surface area contributed by atoms with Gasteiger partial charge in [-0.1, -0.05) is 29.8 Å². The summed E-state index contributed by atoms with van der Waals surface area (Å²) in [4.78, 5) is 0. The summed E-state index contributed by atoms with van der Waals surface area (Å²) in [5.41, 5.74) is 1.09. The maximum atomic E-state index is 13.1. The first-order chi connectivity index (χ1) is 7.40. The zero-order valence-corrected chi connectivity index (χ0v) is 11.1. The van der Waals surface area contributed by atoms with Crippen LogP contribution in [0.4, 0.5) is 4.39 Å². The third-order valence-electron chi connectivity index (χ3n) is 3.49. The molecule has 2 unspecified atom stereocenters. The van der Waals surface area contributed by atoms with Crippen LogP contribution < -0.4 is 0 Å². The van der Waals surface area contributed by atoms with Crippen LogP contribution in [0.2, 0.25) is 0 Å². The highest BCUT2D eigenvalue weighted by atomic mass is 79.9. The van der Waals surface area contributed by atoms with Crippen molar-refractivity contribution < 1.29 is 9.50 Å². The van der Waals surface area contributed by atoms with Gasteiger partial charge < -0.3 is 5.11 Å². The average molecular weight is 287 g/mol. The molecule has 0 aromatic heterocycles. The van der Waals surface area contributed by atoms with Crippen LogP contribution >= 0.6 is 15.9 Å². The summed E-state index contributed by atoms with van der Waals surface area (Å²) < 4.78 is 13.9. The predicted octanol–water partition coefficient (Wildman–Crippen LogP) is 3.54. The molecule has 1 aliphatic carbocycles. The molecule has 2 atom stereocenters. The van der Waals surface area contributed by atoms with Gasteiger partial charge >= 0.3 is 0 Å². The van der Waals surface area contributed by atoms with Gasteiger partial charge in [-0.15, -0.1) is 0 Å². The van der Waals surface area contributed by atoms with E-state index >= 15 is 0 Å². The predicted molar refractivity (Wildman–Crippen MR) is 65.7 cm³/mol. The zero-order chi connectivity index (χ0) is 11.9. The lowest BCUT2D eigenvalue weighted by atomic mass is 10.00. The highest BCUT2D eigenvalue weighted by molar-refractivity contribution is 9.10. The maximum Gasteiger partial charge on any atom is 0.123 e. The minimum atomic E-state index is -0.368. The highest BCUT2D eigenvalue weighted by Crippen LogP contribution is 2.54. The van der Waals surface area contributed by atoms with E-state index in [1.54, 1.807) is 6.07 Å². The number of halogens is 2. The van der Waals surface area contributed by atoms with Gasteiger partial charge in [-0.25, -0.2) is 4.39 Å². The maximum absolute atomic E-state index is 13.1. The van der Waals surface area contributed by atoms with Crippen LogP contribution in [-0.2, 0) is 6.42 Å². The second-order valence-electron chi connectivity index (χ2n) is 5.31. The first-order valence-electron chi connectivity index (χ1n) is 5.52. The molecule has 0 aliphatic heterocycles. The van der Waals surface area contributed by atoms with E-state index < -0.39 is 0 Å². The third kappa shape index (κ3) is 2.46.